The third-order valence-electron chi connectivity index (χ3n) is 2.88. The van der Waals surface area contributed by atoms with Crippen molar-refractivity contribution in [3.05, 3.63) is 29.8 Å². The van der Waals surface area contributed by atoms with Crippen molar-refractivity contribution in [1.29, 1.82) is 5.26 Å². The summed E-state index contributed by atoms with van der Waals surface area (Å²) in [6, 6.07) is 8.57. The molecule has 0 aliphatic heterocycles. The van der Waals surface area contributed by atoms with Crippen LogP contribution in [0.3, 0.4) is 0 Å². The Balaban J connectivity index is 2.33. The van der Waals surface area contributed by atoms with Crippen LogP contribution in [0.4, 0.5) is 0 Å². The molecule has 0 bridgehead atoms. The predicted octanol–water partition coefficient (Wildman–Crippen LogP) is -1.03. The smallest absolute Gasteiger partial charge is 0.279 e. The molecule has 0 aliphatic carbocycles. The van der Waals surface area contributed by atoms with Crippen molar-refractivity contribution in [3.8, 4) is 11.8 Å². The fourth-order valence-corrected chi connectivity index (χ4v) is 1.71. The molecule has 0 saturated carbocycles. The number of nitrogens with one attached hydrogen (secondary N) is 4. The summed E-state index contributed by atoms with van der Waals surface area (Å²) in [7, 11) is 4.09. The van der Waals surface area contributed by atoms with Gasteiger partial charge in [0.15, 0.2) is 11.2 Å². The molecular formula is C15H22N5O2S+. The Kier molecular flexibility index (Phi) is 7.80. The Morgan fingerprint density at radius 2 is 2.00 bits per heavy atom. The number of carbonyl (C=O) groups excluding carboxylic acids is 1. The molecule has 7 nitrogen and oxygen atoms in total. The van der Waals surface area contributed by atoms with Crippen LogP contribution >= 0.6 is 12.2 Å². The molecule has 23 heavy (non-hydrogen) atoms. The summed E-state index contributed by atoms with van der Waals surface area (Å²) >= 11 is 5.05. The molecule has 0 heterocycles. The Hall–Kier alpha value is -2.37. The number of carbonyl (C=O) groups is 1. The van der Waals surface area contributed by atoms with Crippen molar-refractivity contribution in [1.82, 2.24) is 16.2 Å². The Morgan fingerprint density at radius 1 is 1.35 bits per heavy atom. The predicted molar refractivity (Wildman–Crippen MR) is 90.8 cm³/mol. The number of quaternary nitrogens is 1. The van der Waals surface area contributed by atoms with Crippen LogP contribution in [0.15, 0.2) is 24.3 Å². The van der Waals surface area contributed by atoms with E-state index in [1.165, 1.54) is 4.90 Å². The average Bonchev–Trinajstić information content (AvgIpc) is 2.52. The third-order valence-corrected chi connectivity index (χ3v) is 3.12. The van der Waals surface area contributed by atoms with E-state index in [-0.39, 0.29) is 5.91 Å². The zero-order valence-electron chi connectivity index (χ0n) is 13.5. The summed E-state index contributed by atoms with van der Waals surface area (Å²) in [5, 5.41) is 12.1. The molecule has 0 radical (unpaired) electrons. The van der Waals surface area contributed by atoms with E-state index in [2.05, 4.69) is 16.2 Å². The van der Waals surface area contributed by atoms with Gasteiger partial charge in [-0.25, -0.2) is 0 Å². The molecular weight excluding hydrogens is 314 g/mol. The number of hydrazine groups is 1. The highest BCUT2D eigenvalue weighted by Gasteiger charge is 2.14. The van der Waals surface area contributed by atoms with Gasteiger partial charge in [0.1, 0.15) is 5.75 Å². The summed E-state index contributed by atoms with van der Waals surface area (Å²) in [6.45, 7) is 3.25. The molecule has 0 unspecified atom stereocenters. The molecule has 1 aromatic rings. The zero-order chi connectivity index (χ0) is 17.2. The standard InChI is InChI=1S/C15H21N5O2S/c1-11(22-13-6-4-12(10-16)5-7-13)14(21)18-19-15(23)17-8-9-20(2)3/h4-7,11H,8-9H2,1-3H3,(H,18,21)(H2,17,19,23)/p+1/t11-/m1/s1. The van der Waals surface area contributed by atoms with Gasteiger partial charge in [0.25, 0.3) is 5.91 Å². The number of rotatable bonds is 6. The number of thiocarbonyl (C=S) groups is 1. The van der Waals surface area contributed by atoms with Crippen LogP contribution < -0.4 is 25.8 Å². The maximum atomic E-state index is 11.9. The summed E-state index contributed by atoms with van der Waals surface area (Å²) in [5.74, 6) is 0.165. The second-order valence-corrected chi connectivity index (χ2v) is 5.63. The van der Waals surface area contributed by atoms with E-state index >= 15 is 0 Å². The van der Waals surface area contributed by atoms with E-state index in [1.54, 1.807) is 31.2 Å². The topological polar surface area (TPSA) is 90.6 Å². The van der Waals surface area contributed by atoms with Gasteiger partial charge in [-0.2, -0.15) is 5.26 Å². The lowest BCUT2D eigenvalue weighted by molar-refractivity contribution is -0.856. The lowest BCUT2D eigenvalue weighted by Crippen LogP contribution is -3.06. The Labute approximate surface area is 141 Å². The van der Waals surface area contributed by atoms with Crippen molar-refractivity contribution in [3.63, 3.8) is 0 Å². The first-order valence-corrected chi connectivity index (χ1v) is 7.62. The highest BCUT2D eigenvalue weighted by molar-refractivity contribution is 7.80. The summed E-state index contributed by atoms with van der Waals surface area (Å²) < 4.78 is 5.49. The van der Waals surface area contributed by atoms with Crippen molar-refractivity contribution >= 4 is 23.2 Å². The lowest BCUT2D eigenvalue weighted by Gasteiger charge is -2.16. The number of benzene rings is 1. The Morgan fingerprint density at radius 3 is 2.57 bits per heavy atom. The quantitative estimate of drug-likeness (QED) is 0.392. The highest BCUT2D eigenvalue weighted by Crippen LogP contribution is 2.13. The normalized spacial score (nSPS) is 11.3. The maximum absolute atomic E-state index is 11.9. The molecule has 1 rings (SSSR count). The van der Waals surface area contributed by atoms with E-state index in [0.29, 0.717) is 23.0 Å². The SMILES string of the molecule is C[C@@H](Oc1ccc(C#N)cc1)C(=O)NNC(=S)NCC[NH+](C)C. The van der Waals surface area contributed by atoms with Crippen molar-refractivity contribution < 1.29 is 14.4 Å². The van der Waals surface area contributed by atoms with E-state index in [9.17, 15) is 4.79 Å². The van der Waals surface area contributed by atoms with Crippen LogP contribution in [0.25, 0.3) is 0 Å². The van der Waals surface area contributed by atoms with Crippen LogP contribution in [-0.4, -0.2) is 44.3 Å². The number of ether oxygens (including phenoxy) is 1. The van der Waals surface area contributed by atoms with Crippen LogP contribution in [0, 0.1) is 11.3 Å². The summed E-state index contributed by atoms with van der Waals surface area (Å²) in [4.78, 5) is 13.2. The maximum Gasteiger partial charge on any atom is 0.279 e. The summed E-state index contributed by atoms with van der Waals surface area (Å²) in [6.07, 6.45) is -0.704. The molecule has 0 aliphatic rings. The van der Waals surface area contributed by atoms with Gasteiger partial charge in [-0.3, -0.25) is 15.6 Å². The lowest BCUT2D eigenvalue weighted by atomic mass is 10.2. The van der Waals surface area contributed by atoms with Crippen molar-refractivity contribution in [2.24, 2.45) is 0 Å². The monoisotopic (exact) mass is 336 g/mol. The second-order valence-electron chi connectivity index (χ2n) is 5.22. The van der Waals surface area contributed by atoms with Gasteiger partial charge in [-0.15, -0.1) is 0 Å². The Bertz CT molecular complexity index is 568. The van der Waals surface area contributed by atoms with Crippen LogP contribution in [0.1, 0.15) is 12.5 Å². The molecule has 4 N–H and O–H groups in total. The van der Waals surface area contributed by atoms with Gasteiger partial charge in [-0.1, -0.05) is 0 Å². The average molecular weight is 336 g/mol. The number of nitriles is 1. The molecule has 0 aromatic heterocycles. The molecule has 0 saturated heterocycles. The third kappa shape index (κ3) is 7.44. The number of likely N-dealkylation sites (N-methyl/N-ethyl adjacent to an activating group) is 1. The van der Waals surface area contributed by atoms with Crippen molar-refractivity contribution in [2.45, 2.75) is 13.0 Å². The molecule has 1 atom stereocenters. The zero-order valence-corrected chi connectivity index (χ0v) is 14.3. The molecule has 0 spiro atoms. The molecule has 124 valence electrons. The number of nitrogens with zero attached hydrogens (tertiary/aromatic N) is 1. The fraction of sp³-hybridized carbons (Fsp3) is 0.400. The molecule has 1 aromatic carbocycles. The van der Waals surface area contributed by atoms with Gasteiger partial charge in [0.05, 0.1) is 38.8 Å². The summed E-state index contributed by atoms with van der Waals surface area (Å²) in [5.41, 5.74) is 5.65. The number of hydrogen-bond acceptors (Lipinski definition) is 4. The van der Waals surface area contributed by atoms with E-state index in [4.69, 9.17) is 22.2 Å². The number of amides is 1. The van der Waals surface area contributed by atoms with Gasteiger partial charge in [0, 0.05) is 0 Å². The number of hydrogen-bond donors (Lipinski definition) is 4. The first-order valence-electron chi connectivity index (χ1n) is 7.22. The first-order chi connectivity index (χ1) is 10.9. The van der Waals surface area contributed by atoms with Crippen LogP contribution in [-0.2, 0) is 4.79 Å². The van der Waals surface area contributed by atoms with Crippen LogP contribution in [0.5, 0.6) is 5.75 Å². The minimum absolute atomic E-state index is 0.350. The van der Waals surface area contributed by atoms with Crippen molar-refractivity contribution in [2.75, 3.05) is 27.2 Å². The van der Waals surface area contributed by atoms with Crippen LogP contribution in [0.2, 0.25) is 0 Å². The van der Waals surface area contributed by atoms with E-state index in [1.807, 2.05) is 20.2 Å². The first kappa shape index (κ1) is 18.7. The van der Waals surface area contributed by atoms with E-state index in [0.717, 1.165) is 6.54 Å². The minimum atomic E-state index is -0.704. The molecule has 0 fully saturated rings. The van der Waals surface area contributed by atoms with Gasteiger partial charge < -0.3 is 15.0 Å². The molecule has 1 amide bonds. The largest absolute Gasteiger partial charge is 0.481 e. The van der Waals surface area contributed by atoms with Gasteiger partial charge in [-0.05, 0) is 43.4 Å². The highest BCUT2D eigenvalue weighted by atomic mass is 32.1. The van der Waals surface area contributed by atoms with E-state index < -0.39 is 6.10 Å². The van der Waals surface area contributed by atoms with Gasteiger partial charge >= 0.3 is 0 Å². The molecule has 8 heteroatoms. The van der Waals surface area contributed by atoms with Gasteiger partial charge in [0.2, 0.25) is 0 Å². The minimum Gasteiger partial charge on any atom is -0.481 e. The fourth-order valence-electron chi connectivity index (χ4n) is 1.56. The second kappa shape index (κ2) is 9.61.